The van der Waals surface area contributed by atoms with Crippen LogP contribution < -0.4 is 16.0 Å². The minimum Gasteiger partial charge on any atom is -0.481 e. The summed E-state index contributed by atoms with van der Waals surface area (Å²) < 4.78 is 0. The van der Waals surface area contributed by atoms with Crippen molar-refractivity contribution >= 4 is 17.9 Å². The van der Waals surface area contributed by atoms with Crippen molar-refractivity contribution in [2.24, 2.45) is 5.92 Å². The van der Waals surface area contributed by atoms with Crippen molar-refractivity contribution < 1.29 is 19.5 Å². The van der Waals surface area contributed by atoms with Gasteiger partial charge in [-0.05, 0) is 32.1 Å². The number of aliphatic carboxylic acids is 1. The number of carbonyl (C=O) groups is 3. The van der Waals surface area contributed by atoms with Gasteiger partial charge in [-0.3, -0.25) is 9.59 Å². The Kier molecular flexibility index (Phi) is 6.27. The number of carbonyl (C=O) groups excluding carboxylic acids is 2. The zero-order chi connectivity index (χ0) is 15.1. The average Bonchev–Trinajstić information content (AvgIpc) is 3.18. The van der Waals surface area contributed by atoms with Gasteiger partial charge in [0.25, 0.3) is 0 Å². The molecule has 114 valence electrons. The lowest BCUT2D eigenvalue weighted by molar-refractivity contribution is -0.137. The van der Waals surface area contributed by atoms with Crippen LogP contribution >= 0.6 is 0 Å². The van der Waals surface area contributed by atoms with E-state index in [2.05, 4.69) is 16.0 Å². The largest absolute Gasteiger partial charge is 0.481 e. The Morgan fingerprint density at radius 1 is 1.25 bits per heavy atom. The lowest BCUT2D eigenvalue weighted by Gasteiger charge is -2.19. The fourth-order valence-electron chi connectivity index (χ4n) is 1.90. The molecule has 1 rings (SSSR count). The Morgan fingerprint density at radius 3 is 2.40 bits per heavy atom. The first-order chi connectivity index (χ1) is 9.43. The SMILES string of the molecule is CCCNC(=O)C(C)NC(=O)NC(CC(=O)O)C1CC1. The summed E-state index contributed by atoms with van der Waals surface area (Å²) in [5.74, 6) is -0.944. The molecular formula is C13H23N3O4. The maximum atomic E-state index is 11.8. The van der Waals surface area contributed by atoms with Gasteiger partial charge >= 0.3 is 12.0 Å². The summed E-state index contributed by atoms with van der Waals surface area (Å²) in [6.07, 6.45) is 2.61. The van der Waals surface area contributed by atoms with Crippen molar-refractivity contribution in [1.82, 2.24) is 16.0 Å². The van der Waals surface area contributed by atoms with Gasteiger partial charge < -0.3 is 21.1 Å². The van der Waals surface area contributed by atoms with Crippen LogP contribution in [0.4, 0.5) is 4.79 Å². The van der Waals surface area contributed by atoms with Crippen molar-refractivity contribution in [2.45, 2.75) is 51.6 Å². The zero-order valence-corrected chi connectivity index (χ0v) is 11.9. The van der Waals surface area contributed by atoms with Crippen molar-refractivity contribution in [3.05, 3.63) is 0 Å². The molecule has 0 bridgehead atoms. The van der Waals surface area contributed by atoms with Crippen LogP contribution in [0.2, 0.25) is 0 Å². The molecule has 7 nitrogen and oxygen atoms in total. The molecule has 2 unspecified atom stereocenters. The number of amides is 3. The van der Waals surface area contributed by atoms with Crippen molar-refractivity contribution in [3.63, 3.8) is 0 Å². The van der Waals surface area contributed by atoms with Gasteiger partial charge in [-0.15, -0.1) is 0 Å². The molecule has 0 saturated heterocycles. The molecule has 2 atom stereocenters. The third-order valence-corrected chi connectivity index (χ3v) is 3.19. The predicted octanol–water partition coefficient (Wildman–Crippen LogP) is 0.454. The summed E-state index contributed by atoms with van der Waals surface area (Å²) in [5.41, 5.74) is 0. The summed E-state index contributed by atoms with van der Waals surface area (Å²) in [6.45, 7) is 4.10. The molecule has 20 heavy (non-hydrogen) atoms. The van der Waals surface area contributed by atoms with Crippen LogP contribution in [0.1, 0.15) is 39.5 Å². The fourth-order valence-corrected chi connectivity index (χ4v) is 1.90. The Morgan fingerprint density at radius 2 is 1.90 bits per heavy atom. The second kappa shape index (κ2) is 7.72. The molecule has 1 fully saturated rings. The third kappa shape index (κ3) is 5.90. The van der Waals surface area contributed by atoms with Gasteiger partial charge in [0.05, 0.1) is 6.42 Å². The third-order valence-electron chi connectivity index (χ3n) is 3.19. The summed E-state index contributed by atoms with van der Waals surface area (Å²) in [7, 11) is 0. The van der Waals surface area contributed by atoms with Crippen LogP contribution in [0.25, 0.3) is 0 Å². The molecule has 4 N–H and O–H groups in total. The first kappa shape index (κ1) is 16.3. The number of hydrogen-bond donors (Lipinski definition) is 4. The number of nitrogens with one attached hydrogen (secondary N) is 3. The molecule has 0 aromatic heterocycles. The van der Waals surface area contributed by atoms with Gasteiger partial charge in [-0.1, -0.05) is 6.92 Å². The summed E-state index contributed by atoms with van der Waals surface area (Å²) in [5, 5.41) is 16.6. The lowest BCUT2D eigenvalue weighted by atomic mass is 10.1. The lowest BCUT2D eigenvalue weighted by Crippen LogP contribution is -2.51. The van der Waals surface area contributed by atoms with Gasteiger partial charge in [0.2, 0.25) is 5.91 Å². The molecule has 0 aliphatic heterocycles. The van der Waals surface area contributed by atoms with Crippen molar-refractivity contribution in [2.75, 3.05) is 6.54 Å². The molecule has 1 saturated carbocycles. The van der Waals surface area contributed by atoms with E-state index in [0.717, 1.165) is 19.3 Å². The molecular weight excluding hydrogens is 262 g/mol. The highest BCUT2D eigenvalue weighted by Gasteiger charge is 2.34. The molecule has 0 spiro atoms. The van der Waals surface area contributed by atoms with E-state index < -0.39 is 18.0 Å². The quantitative estimate of drug-likeness (QED) is 0.519. The first-order valence-electron chi connectivity index (χ1n) is 7.00. The number of carboxylic acid groups (broad SMARTS) is 1. The summed E-state index contributed by atoms with van der Waals surface area (Å²) in [6, 6.07) is -1.51. The zero-order valence-electron chi connectivity index (χ0n) is 11.9. The minimum absolute atomic E-state index is 0.0888. The van der Waals surface area contributed by atoms with Crippen LogP contribution in [0, 0.1) is 5.92 Å². The van der Waals surface area contributed by atoms with Crippen LogP contribution in [-0.4, -0.2) is 41.6 Å². The first-order valence-corrected chi connectivity index (χ1v) is 7.00. The fraction of sp³-hybridized carbons (Fsp3) is 0.769. The molecule has 1 aliphatic rings. The smallest absolute Gasteiger partial charge is 0.315 e. The van der Waals surface area contributed by atoms with Crippen molar-refractivity contribution in [1.29, 1.82) is 0 Å². The van der Waals surface area contributed by atoms with Crippen molar-refractivity contribution in [3.8, 4) is 0 Å². The Hall–Kier alpha value is -1.79. The second-order valence-electron chi connectivity index (χ2n) is 5.17. The Bertz CT molecular complexity index is 369. The van der Waals surface area contributed by atoms with E-state index in [-0.39, 0.29) is 24.3 Å². The van der Waals surface area contributed by atoms with Crippen LogP contribution in [-0.2, 0) is 9.59 Å². The Balaban J connectivity index is 2.36. The number of rotatable bonds is 8. The highest BCUT2D eigenvalue weighted by molar-refractivity contribution is 5.86. The number of hydrogen-bond acceptors (Lipinski definition) is 3. The highest BCUT2D eigenvalue weighted by atomic mass is 16.4. The Labute approximate surface area is 118 Å². The minimum atomic E-state index is -0.934. The second-order valence-corrected chi connectivity index (χ2v) is 5.17. The number of carboxylic acids is 1. The van der Waals surface area contributed by atoms with Gasteiger partial charge in [0.1, 0.15) is 6.04 Å². The van der Waals surface area contributed by atoms with Crippen LogP contribution in [0.15, 0.2) is 0 Å². The van der Waals surface area contributed by atoms with E-state index in [1.54, 1.807) is 6.92 Å². The van der Waals surface area contributed by atoms with Gasteiger partial charge in [-0.2, -0.15) is 0 Å². The maximum absolute atomic E-state index is 11.8. The summed E-state index contributed by atoms with van der Waals surface area (Å²) >= 11 is 0. The normalized spacial score (nSPS) is 16.9. The molecule has 0 radical (unpaired) electrons. The van der Waals surface area contributed by atoms with Gasteiger partial charge in [0.15, 0.2) is 0 Å². The van der Waals surface area contributed by atoms with Gasteiger partial charge in [0, 0.05) is 12.6 Å². The van der Waals surface area contributed by atoms with E-state index in [0.29, 0.717) is 6.54 Å². The monoisotopic (exact) mass is 285 g/mol. The van der Waals surface area contributed by atoms with E-state index >= 15 is 0 Å². The number of urea groups is 1. The average molecular weight is 285 g/mol. The maximum Gasteiger partial charge on any atom is 0.315 e. The molecule has 0 aromatic rings. The predicted molar refractivity (Wildman–Crippen MR) is 73.2 cm³/mol. The molecule has 3 amide bonds. The van der Waals surface area contributed by atoms with Gasteiger partial charge in [-0.25, -0.2) is 4.79 Å². The van der Waals surface area contributed by atoms with E-state index in [4.69, 9.17) is 5.11 Å². The standard InChI is InChI=1S/C13H23N3O4/c1-3-6-14-12(19)8(2)15-13(20)16-10(7-11(17)18)9-4-5-9/h8-10H,3-7H2,1-2H3,(H,14,19)(H,17,18)(H2,15,16,20). The van der Waals surface area contributed by atoms with Crippen LogP contribution in [0.3, 0.4) is 0 Å². The molecule has 1 aliphatic carbocycles. The topological polar surface area (TPSA) is 108 Å². The van der Waals surface area contributed by atoms with E-state index in [1.165, 1.54) is 0 Å². The molecule has 7 heteroatoms. The highest BCUT2D eigenvalue weighted by Crippen LogP contribution is 2.33. The van der Waals surface area contributed by atoms with E-state index in [1.807, 2.05) is 6.92 Å². The summed E-state index contributed by atoms with van der Waals surface area (Å²) in [4.78, 5) is 34.1. The van der Waals surface area contributed by atoms with Crippen LogP contribution in [0.5, 0.6) is 0 Å². The molecule has 0 aromatic carbocycles. The molecule has 0 heterocycles. The van der Waals surface area contributed by atoms with E-state index in [9.17, 15) is 14.4 Å².